The van der Waals surface area contributed by atoms with Gasteiger partial charge in [0.1, 0.15) is 0 Å². The highest BCUT2D eigenvalue weighted by molar-refractivity contribution is 5.76. The summed E-state index contributed by atoms with van der Waals surface area (Å²) >= 11 is 0. The standard InChI is InChI=1S/C13H25NO2/c1-13(2,12(15)16-4)11(14-3)10-8-6-5-7-9-10/h10-11,14H,5-9H2,1-4H3. The molecule has 3 nitrogen and oxygen atoms in total. The van der Waals surface area contributed by atoms with E-state index in [-0.39, 0.29) is 12.0 Å². The number of carbonyl (C=O) groups is 1. The minimum absolute atomic E-state index is 0.113. The summed E-state index contributed by atoms with van der Waals surface area (Å²) < 4.78 is 4.91. The third-order valence-corrected chi connectivity index (χ3v) is 3.92. The van der Waals surface area contributed by atoms with Gasteiger partial charge in [-0.05, 0) is 39.7 Å². The number of carbonyl (C=O) groups excluding carboxylic acids is 1. The van der Waals surface area contributed by atoms with Crippen LogP contribution in [0.25, 0.3) is 0 Å². The third-order valence-electron chi connectivity index (χ3n) is 3.92. The summed E-state index contributed by atoms with van der Waals surface area (Å²) in [5.74, 6) is 0.491. The zero-order valence-electron chi connectivity index (χ0n) is 11.0. The number of rotatable bonds is 4. The predicted octanol–water partition coefficient (Wildman–Crippen LogP) is 2.35. The molecular formula is C13H25NO2. The maximum Gasteiger partial charge on any atom is 0.312 e. The van der Waals surface area contributed by atoms with Gasteiger partial charge in [0.15, 0.2) is 0 Å². The molecule has 0 aromatic carbocycles. The average molecular weight is 227 g/mol. The Kier molecular flexibility index (Phi) is 4.78. The number of hydrogen-bond acceptors (Lipinski definition) is 3. The Morgan fingerprint density at radius 3 is 2.31 bits per heavy atom. The molecule has 16 heavy (non-hydrogen) atoms. The van der Waals surface area contributed by atoms with Crippen molar-refractivity contribution in [1.29, 1.82) is 0 Å². The number of methoxy groups -OCH3 is 1. The first-order chi connectivity index (χ1) is 7.54. The quantitative estimate of drug-likeness (QED) is 0.749. The van der Waals surface area contributed by atoms with Gasteiger partial charge in [-0.3, -0.25) is 4.79 Å². The molecule has 94 valence electrons. The fourth-order valence-corrected chi connectivity index (χ4v) is 3.04. The van der Waals surface area contributed by atoms with Crippen molar-refractivity contribution in [1.82, 2.24) is 5.32 Å². The SMILES string of the molecule is CNC(C1CCCCC1)C(C)(C)C(=O)OC. The summed E-state index contributed by atoms with van der Waals surface area (Å²) in [4.78, 5) is 11.8. The molecule has 0 saturated heterocycles. The second-order valence-electron chi connectivity index (χ2n) is 5.38. The maximum atomic E-state index is 11.8. The number of ether oxygens (including phenoxy) is 1. The molecule has 1 atom stereocenters. The van der Waals surface area contributed by atoms with Gasteiger partial charge in [0.2, 0.25) is 0 Å². The molecule has 0 aliphatic heterocycles. The molecule has 3 heteroatoms. The Morgan fingerprint density at radius 2 is 1.88 bits per heavy atom. The van der Waals surface area contributed by atoms with Crippen LogP contribution in [0.5, 0.6) is 0 Å². The van der Waals surface area contributed by atoms with E-state index in [1.807, 2.05) is 20.9 Å². The van der Waals surface area contributed by atoms with Gasteiger partial charge in [-0.25, -0.2) is 0 Å². The van der Waals surface area contributed by atoms with E-state index in [9.17, 15) is 4.79 Å². The lowest BCUT2D eigenvalue weighted by molar-refractivity contribution is -0.153. The summed E-state index contributed by atoms with van der Waals surface area (Å²) in [5.41, 5.74) is -0.439. The van der Waals surface area contributed by atoms with E-state index in [4.69, 9.17) is 4.74 Å². The highest BCUT2D eigenvalue weighted by Gasteiger charge is 2.41. The topological polar surface area (TPSA) is 38.3 Å². The van der Waals surface area contributed by atoms with Crippen molar-refractivity contribution in [2.24, 2.45) is 11.3 Å². The maximum absolute atomic E-state index is 11.8. The van der Waals surface area contributed by atoms with Crippen molar-refractivity contribution in [2.75, 3.05) is 14.2 Å². The predicted molar refractivity (Wildman–Crippen MR) is 65.2 cm³/mol. The molecule has 0 spiro atoms. The van der Waals surface area contributed by atoms with E-state index < -0.39 is 5.41 Å². The summed E-state index contributed by atoms with van der Waals surface area (Å²) in [7, 11) is 3.42. The third kappa shape index (κ3) is 2.76. The van der Waals surface area contributed by atoms with Crippen molar-refractivity contribution in [3.05, 3.63) is 0 Å². The van der Waals surface area contributed by atoms with Crippen LogP contribution in [0.4, 0.5) is 0 Å². The molecular weight excluding hydrogens is 202 g/mol. The lowest BCUT2D eigenvalue weighted by Crippen LogP contribution is -2.50. The largest absolute Gasteiger partial charge is 0.469 e. The lowest BCUT2D eigenvalue weighted by atomic mass is 9.72. The first kappa shape index (κ1) is 13.5. The molecule has 0 aromatic heterocycles. The van der Waals surface area contributed by atoms with Gasteiger partial charge in [0.05, 0.1) is 12.5 Å². The van der Waals surface area contributed by atoms with Gasteiger partial charge in [-0.2, -0.15) is 0 Å². The van der Waals surface area contributed by atoms with Gasteiger partial charge in [0.25, 0.3) is 0 Å². The number of esters is 1. The van der Waals surface area contributed by atoms with E-state index in [0.29, 0.717) is 5.92 Å². The Hall–Kier alpha value is -0.570. The highest BCUT2D eigenvalue weighted by atomic mass is 16.5. The molecule has 1 aliphatic rings. The first-order valence-corrected chi connectivity index (χ1v) is 6.29. The smallest absolute Gasteiger partial charge is 0.312 e. The number of nitrogens with one attached hydrogen (secondary N) is 1. The van der Waals surface area contributed by atoms with Crippen LogP contribution < -0.4 is 5.32 Å². The van der Waals surface area contributed by atoms with Crippen LogP contribution in [0.1, 0.15) is 46.0 Å². The zero-order valence-corrected chi connectivity index (χ0v) is 11.0. The molecule has 1 saturated carbocycles. The van der Waals surface area contributed by atoms with Crippen LogP contribution in [-0.4, -0.2) is 26.2 Å². The van der Waals surface area contributed by atoms with E-state index in [1.54, 1.807) is 0 Å². The second-order valence-corrected chi connectivity index (χ2v) is 5.38. The lowest BCUT2D eigenvalue weighted by Gasteiger charge is -2.39. The van der Waals surface area contributed by atoms with Gasteiger partial charge in [0, 0.05) is 6.04 Å². The Morgan fingerprint density at radius 1 is 1.31 bits per heavy atom. The molecule has 1 rings (SSSR count). The molecule has 0 amide bonds. The molecule has 1 fully saturated rings. The van der Waals surface area contributed by atoms with Gasteiger partial charge >= 0.3 is 5.97 Å². The van der Waals surface area contributed by atoms with E-state index in [2.05, 4.69) is 5.32 Å². The summed E-state index contributed by atoms with van der Waals surface area (Å²) in [5, 5.41) is 3.33. The van der Waals surface area contributed by atoms with Gasteiger partial charge in [-0.1, -0.05) is 19.3 Å². The average Bonchev–Trinajstić information content (AvgIpc) is 2.30. The fraction of sp³-hybridized carbons (Fsp3) is 0.923. The fourth-order valence-electron chi connectivity index (χ4n) is 3.04. The first-order valence-electron chi connectivity index (χ1n) is 6.29. The molecule has 0 radical (unpaired) electrons. The zero-order chi connectivity index (χ0) is 12.2. The van der Waals surface area contributed by atoms with Gasteiger partial charge in [-0.15, -0.1) is 0 Å². The normalized spacial score (nSPS) is 20.5. The van der Waals surface area contributed by atoms with E-state index in [0.717, 1.165) is 0 Å². The summed E-state index contributed by atoms with van der Waals surface area (Å²) in [6, 6.07) is 0.222. The van der Waals surface area contributed by atoms with Gasteiger partial charge < -0.3 is 10.1 Å². The van der Waals surface area contributed by atoms with E-state index in [1.165, 1.54) is 39.2 Å². The summed E-state index contributed by atoms with van der Waals surface area (Å²) in [6.45, 7) is 3.96. The van der Waals surface area contributed by atoms with Crippen LogP contribution in [0.3, 0.4) is 0 Å². The number of hydrogen-bond donors (Lipinski definition) is 1. The van der Waals surface area contributed by atoms with Crippen molar-refractivity contribution in [3.8, 4) is 0 Å². The van der Waals surface area contributed by atoms with Crippen LogP contribution in [0, 0.1) is 11.3 Å². The Balaban J connectivity index is 2.74. The van der Waals surface area contributed by atoms with Crippen molar-refractivity contribution < 1.29 is 9.53 Å². The van der Waals surface area contributed by atoms with Crippen LogP contribution in [-0.2, 0) is 9.53 Å². The monoisotopic (exact) mass is 227 g/mol. The van der Waals surface area contributed by atoms with Crippen molar-refractivity contribution in [2.45, 2.75) is 52.0 Å². The summed E-state index contributed by atoms with van der Waals surface area (Å²) in [6.07, 6.45) is 6.38. The molecule has 0 aromatic rings. The van der Waals surface area contributed by atoms with Crippen molar-refractivity contribution in [3.63, 3.8) is 0 Å². The van der Waals surface area contributed by atoms with Crippen LogP contribution >= 0.6 is 0 Å². The molecule has 1 unspecified atom stereocenters. The second kappa shape index (κ2) is 5.67. The van der Waals surface area contributed by atoms with E-state index >= 15 is 0 Å². The molecule has 1 aliphatic carbocycles. The molecule has 0 heterocycles. The Labute approximate surface area is 98.9 Å². The van der Waals surface area contributed by atoms with Crippen molar-refractivity contribution >= 4 is 5.97 Å². The van der Waals surface area contributed by atoms with Crippen LogP contribution in [0.2, 0.25) is 0 Å². The molecule has 0 bridgehead atoms. The van der Waals surface area contributed by atoms with Crippen LogP contribution in [0.15, 0.2) is 0 Å². The minimum atomic E-state index is -0.439. The minimum Gasteiger partial charge on any atom is -0.469 e. The Bertz CT molecular complexity index is 232. The molecule has 1 N–H and O–H groups in total. The highest BCUT2D eigenvalue weighted by Crippen LogP contribution is 2.35.